The lowest BCUT2D eigenvalue weighted by molar-refractivity contribution is 0.503. The molecule has 2 N–H and O–H groups in total. The Balaban J connectivity index is 0.00000364. The van der Waals surface area contributed by atoms with Crippen LogP contribution >= 0.6 is 24.0 Å². The Labute approximate surface area is 177 Å². The van der Waals surface area contributed by atoms with E-state index in [1.54, 1.807) is 18.2 Å². The van der Waals surface area contributed by atoms with Gasteiger partial charge in [0.05, 0.1) is 18.2 Å². The Morgan fingerprint density at radius 2 is 1.89 bits per heavy atom. The number of benzene rings is 2. The summed E-state index contributed by atoms with van der Waals surface area (Å²) in [6, 6.07) is 16.2. The second-order valence-electron chi connectivity index (χ2n) is 6.76. The number of nitriles is 1. The molecule has 0 aliphatic rings. The third-order valence-electron chi connectivity index (χ3n) is 4.12. The average molecular weight is 480 g/mol. The van der Waals surface area contributed by atoms with Crippen molar-refractivity contribution in [3.8, 4) is 6.07 Å². The average Bonchev–Trinajstić information content (AvgIpc) is 2.64. The van der Waals surface area contributed by atoms with Crippen LogP contribution in [0.15, 0.2) is 53.5 Å². The number of nitrogens with zero attached hydrogens (tertiary/aromatic N) is 2. The van der Waals surface area contributed by atoms with Crippen molar-refractivity contribution in [1.82, 2.24) is 10.6 Å². The van der Waals surface area contributed by atoms with Crippen molar-refractivity contribution >= 4 is 29.9 Å². The van der Waals surface area contributed by atoms with E-state index in [4.69, 9.17) is 5.26 Å². The second kappa shape index (κ2) is 10.9. The molecule has 2 aromatic carbocycles. The SMILES string of the molecule is CCNC(=NCc1cccc(C#N)c1)NCC(C)(C)c1cccc(F)c1.I. The highest BCUT2D eigenvalue weighted by Crippen LogP contribution is 2.22. The molecule has 0 radical (unpaired) electrons. The van der Waals surface area contributed by atoms with E-state index >= 15 is 0 Å². The van der Waals surface area contributed by atoms with Gasteiger partial charge in [-0.25, -0.2) is 9.38 Å². The van der Waals surface area contributed by atoms with Crippen LogP contribution in [0.25, 0.3) is 0 Å². The van der Waals surface area contributed by atoms with Crippen LogP contribution in [0.1, 0.15) is 37.5 Å². The standard InChI is InChI=1S/C21H25FN4.HI/c1-4-24-20(25-14-17-8-5-7-16(11-17)13-23)26-15-21(2,3)18-9-6-10-19(22)12-18;/h5-12H,4,14-15H2,1-3H3,(H2,24,25,26);1H. The third-order valence-corrected chi connectivity index (χ3v) is 4.12. The predicted octanol–water partition coefficient (Wildman–Crippen LogP) is 4.35. The van der Waals surface area contributed by atoms with Gasteiger partial charge in [0.25, 0.3) is 0 Å². The molecule has 0 aliphatic heterocycles. The lowest BCUT2D eigenvalue weighted by Crippen LogP contribution is -2.43. The molecule has 144 valence electrons. The minimum absolute atomic E-state index is 0. The Hall–Kier alpha value is -2.14. The van der Waals surface area contributed by atoms with E-state index in [0.29, 0.717) is 24.6 Å². The number of halogens is 2. The van der Waals surface area contributed by atoms with E-state index in [1.807, 2.05) is 31.2 Å². The van der Waals surface area contributed by atoms with Crippen LogP contribution < -0.4 is 10.6 Å². The molecule has 0 saturated heterocycles. The van der Waals surface area contributed by atoms with Gasteiger partial charge in [0.1, 0.15) is 5.82 Å². The Bertz CT molecular complexity index is 812. The van der Waals surface area contributed by atoms with Crippen molar-refractivity contribution in [2.24, 2.45) is 4.99 Å². The number of nitrogens with one attached hydrogen (secondary N) is 2. The molecule has 4 nitrogen and oxygen atoms in total. The fourth-order valence-electron chi connectivity index (χ4n) is 2.57. The molecule has 0 fully saturated rings. The summed E-state index contributed by atoms with van der Waals surface area (Å²) in [5.74, 6) is 0.466. The topological polar surface area (TPSA) is 60.2 Å². The number of rotatable bonds is 6. The zero-order chi connectivity index (χ0) is 19.0. The molecule has 0 saturated carbocycles. The normalized spacial score (nSPS) is 11.3. The Morgan fingerprint density at radius 1 is 1.15 bits per heavy atom. The van der Waals surface area contributed by atoms with Crippen molar-refractivity contribution < 1.29 is 4.39 Å². The maximum absolute atomic E-state index is 13.5. The zero-order valence-electron chi connectivity index (χ0n) is 15.9. The highest BCUT2D eigenvalue weighted by atomic mass is 127. The van der Waals surface area contributed by atoms with Gasteiger partial charge in [0.2, 0.25) is 0 Å². The number of aliphatic imine (C=N–C) groups is 1. The molecular formula is C21H26FIN4. The quantitative estimate of drug-likeness (QED) is 0.367. The third kappa shape index (κ3) is 7.18. The van der Waals surface area contributed by atoms with Gasteiger partial charge >= 0.3 is 0 Å². The molecule has 0 bridgehead atoms. The smallest absolute Gasteiger partial charge is 0.191 e. The van der Waals surface area contributed by atoms with Gasteiger partial charge in [-0.1, -0.05) is 38.1 Å². The summed E-state index contributed by atoms with van der Waals surface area (Å²) < 4.78 is 13.5. The van der Waals surface area contributed by atoms with Crippen molar-refractivity contribution in [3.63, 3.8) is 0 Å². The van der Waals surface area contributed by atoms with Crippen molar-refractivity contribution in [2.45, 2.75) is 32.7 Å². The summed E-state index contributed by atoms with van der Waals surface area (Å²) >= 11 is 0. The highest BCUT2D eigenvalue weighted by Gasteiger charge is 2.21. The van der Waals surface area contributed by atoms with Crippen LogP contribution in [-0.4, -0.2) is 19.0 Å². The predicted molar refractivity (Wildman–Crippen MR) is 119 cm³/mol. The molecule has 0 amide bonds. The van der Waals surface area contributed by atoms with Gasteiger partial charge in [0.15, 0.2) is 5.96 Å². The minimum Gasteiger partial charge on any atom is -0.357 e. The first-order valence-corrected chi connectivity index (χ1v) is 8.72. The van der Waals surface area contributed by atoms with Gasteiger partial charge in [-0.2, -0.15) is 5.26 Å². The van der Waals surface area contributed by atoms with E-state index in [0.717, 1.165) is 17.7 Å². The highest BCUT2D eigenvalue weighted by molar-refractivity contribution is 14.0. The molecule has 27 heavy (non-hydrogen) atoms. The van der Waals surface area contributed by atoms with Gasteiger partial charge in [-0.3, -0.25) is 0 Å². The molecule has 0 aliphatic carbocycles. The van der Waals surface area contributed by atoms with E-state index < -0.39 is 0 Å². The van der Waals surface area contributed by atoms with Crippen molar-refractivity contribution in [1.29, 1.82) is 5.26 Å². The second-order valence-corrected chi connectivity index (χ2v) is 6.76. The molecule has 0 heterocycles. The van der Waals surface area contributed by atoms with Crippen LogP contribution in [0.3, 0.4) is 0 Å². The Kier molecular flexibility index (Phi) is 9.22. The first-order valence-electron chi connectivity index (χ1n) is 8.72. The van der Waals surface area contributed by atoms with Crippen LogP contribution in [0.4, 0.5) is 4.39 Å². The lowest BCUT2D eigenvalue weighted by atomic mass is 9.84. The molecule has 0 unspecified atom stereocenters. The summed E-state index contributed by atoms with van der Waals surface area (Å²) in [5, 5.41) is 15.5. The maximum Gasteiger partial charge on any atom is 0.191 e. The monoisotopic (exact) mass is 480 g/mol. The van der Waals surface area contributed by atoms with Gasteiger partial charge in [-0.15, -0.1) is 24.0 Å². The summed E-state index contributed by atoms with van der Waals surface area (Å²) in [6.07, 6.45) is 0. The molecule has 0 aromatic heterocycles. The summed E-state index contributed by atoms with van der Waals surface area (Å²) in [5.41, 5.74) is 2.29. The molecule has 2 rings (SSSR count). The van der Waals surface area contributed by atoms with Crippen LogP contribution in [-0.2, 0) is 12.0 Å². The van der Waals surface area contributed by atoms with E-state index in [2.05, 4.69) is 35.5 Å². The minimum atomic E-state index is -0.251. The molecular weight excluding hydrogens is 454 g/mol. The summed E-state index contributed by atoms with van der Waals surface area (Å²) in [4.78, 5) is 4.58. The van der Waals surface area contributed by atoms with Crippen LogP contribution in [0, 0.1) is 17.1 Å². The van der Waals surface area contributed by atoms with E-state index in [1.165, 1.54) is 6.07 Å². The van der Waals surface area contributed by atoms with E-state index in [-0.39, 0.29) is 35.2 Å². The first-order chi connectivity index (χ1) is 12.4. The van der Waals surface area contributed by atoms with Gasteiger partial charge < -0.3 is 10.6 Å². The zero-order valence-corrected chi connectivity index (χ0v) is 18.3. The van der Waals surface area contributed by atoms with Crippen molar-refractivity contribution in [3.05, 3.63) is 71.0 Å². The molecule has 0 spiro atoms. The molecule has 6 heteroatoms. The van der Waals surface area contributed by atoms with E-state index in [9.17, 15) is 4.39 Å². The molecule has 0 atom stereocenters. The first kappa shape index (κ1) is 22.9. The van der Waals surface area contributed by atoms with Crippen LogP contribution in [0.2, 0.25) is 0 Å². The fraction of sp³-hybridized carbons (Fsp3) is 0.333. The largest absolute Gasteiger partial charge is 0.357 e. The Morgan fingerprint density at radius 3 is 2.56 bits per heavy atom. The maximum atomic E-state index is 13.5. The van der Waals surface area contributed by atoms with Crippen LogP contribution in [0.5, 0.6) is 0 Å². The van der Waals surface area contributed by atoms with Crippen molar-refractivity contribution in [2.75, 3.05) is 13.1 Å². The fourth-order valence-corrected chi connectivity index (χ4v) is 2.57. The molecule has 2 aromatic rings. The lowest BCUT2D eigenvalue weighted by Gasteiger charge is -2.27. The van der Waals surface area contributed by atoms with Gasteiger partial charge in [-0.05, 0) is 42.3 Å². The number of hydrogen-bond donors (Lipinski definition) is 2. The summed E-state index contributed by atoms with van der Waals surface area (Å²) in [6.45, 7) is 7.96. The number of guanidine groups is 1. The summed E-state index contributed by atoms with van der Waals surface area (Å²) in [7, 11) is 0. The van der Waals surface area contributed by atoms with Gasteiger partial charge in [0, 0.05) is 18.5 Å². The number of hydrogen-bond acceptors (Lipinski definition) is 2.